The molecule has 1 rings (SSSR count). The van der Waals surface area contributed by atoms with Crippen molar-refractivity contribution in [3.8, 4) is 0 Å². The maximum absolute atomic E-state index is 11.4. The minimum absolute atomic E-state index is 0.158. The average molecular weight is 377 g/mol. The molecule has 2 N–H and O–H groups in total. The zero-order chi connectivity index (χ0) is 19.5. The summed E-state index contributed by atoms with van der Waals surface area (Å²) in [5.41, 5.74) is 5.33. The summed E-state index contributed by atoms with van der Waals surface area (Å²) in [6, 6.07) is 0. The van der Waals surface area contributed by atoms with Crippen molar-refractivity contribution in [3.05, 3.63) is 0 Å². The smallest absolute Gasteiger partial charge is 0.303 e. The molecule has 1 aliphatic heterocycles. The third-order valence-electron chi connectivity index (χ3n) is 3.35. The fourth-order valence-electron chi connectivity index (χ4n) is 2.43. The minimum Gasteiger partial charge on any atom is -0.463 e. The van der Waals surface area contributed by atoms with Crippen LogP contribution in [0.5, 0.6) is 0 Å². The van der Waals surface area contributed by atoms with E-state index in [1.54, 1.807) is 0 Å². The lowest BCUT2D eigenvalue weighted by Gasteiger charge is -2.39. The summed E-state index contributed by atoms with van der Waals surface area (Å²) >= 11 is 0. The Morgan fingerprint density at radius 1 is 1.00 bits per heavy atom. The number of hydrogen-bond donors (Lipinski definition) is 1. The fourth-order valence-corrected chi connectivity index (χ4v) is 2.43. The highest BCUT2D eigenvalue weighted by atomic mass is 16.7. The van der Waals surface area contributed by atoms with Gasteiger partial charge in [-0.05, 0) is 0 Å². The molecule has 0 spiro atoms. The van der Waals surface area contributed by atoms with Gasteiger partial charge in [-0.1, -0.05) is 0 Å². The summed E-state index contributed by atoms with van der Waals surface area (Å²) in [5.74, 6) is -1.62. The van der Waals surface area contributed by atoms with Crippen molar-refractivity contribution < 1.29 is 42.8 Å². The van der Waals surface area contributed by atoms with Crippen LogP contribution in [0.15, 0.2) is 0 Å². The third kappa shape index (κ3) is 8.56. The van der Waals surface area contributed by atoms with Gasteiger partial charge in [0.15, 0.2) is 12.4 Å². The van der Waals surface area contributed by atoms with Crippen molar-refractivity contribution in [2.45, 2.75) is 51.8 Å². The largest absolute Gasteiger partial charge is 0.463 e. The maximum atomic E-state index is 11.4. The van der Waals surface area contributed by atoms with Crippen molar-refractivity contribution in [1.29, 1.82) is 0 Å². The van der Waals surface area contributed by atoms with E-state index in [1.807, 2.05) is 0 Å². The van der Waals surface area contributed by atoms with Gasteiger partial charge in [0, 0.05) is 33.7 Å². The predicted molar refractivity (Wildman–Crippen MR) is 86.8 cm³/mol. The van der Waals surface area contributed by atoms with E-state index in [0.717, 1.165) is 0 Å². The zero-order valence-corrected chi connectivity index (χ0v) is 15.3. The summed E-state index contributed by atoms with van der Waals surface area (Å²) in [6.45, 7) is 4.92. The van der Waals surface area contributed by atoms with E-state index >= 15 is 0 Å². The van der Waals surface area contributed by atoms with Gasteiger partial charge in [-0.15, -0.1) is 0 Å². The summed E-state index contributed by atoms with van der Waals surface area (Å²) in [6.07, 6.45) is -3.13. The zero-order valence-electron chi connectivity index (χ0n) is 15.3. The number of rotatable bonds is 10. The number of carbonyl (C=O) groups excluding carboxylic acids is 3. The molecule has 0 saturated carbocycles. The number of nitrogens with two attached hydrogens (primary N) is 1. The average Bonchev–Trinajstić information content (AvgIpc) is 2.54. The van der Waals surface area contributed by atoms with E-state index in [0.29, 0.717) is 19.8 Å². The van der Waals surface area contributed by atoms with Gasteiger partial charge in [0.05, 0.1) is 19.8 Å². The Kier molecular flexibility index (Phi) is 10.1. The summed E-state index contributed by atoms with van der Waals surface area (Å²) in [7, 11) is 0. The second-order valence-electron chi connectivity index (χ2n) is 5.64. The van der Waals surface area contributed by atoms with Gasteiger partial charge >= 0.3 is 17.9 Å². The minimum atomic E-state index is -0.913. The molecule has 0 bridgehead atoms. The van der Waals surface area contributed by atoms with Gasteiger partial charge in [0.2, 0.25) is 0 Å². The molecule has 0 amide bonds. The molecule has 150 valence electrons. The molecule has 1 fully saturated rings. The van der Waals surface area contributed by atoms with Gasteiger partial charge in [-0.2, -0.15) is 0 Å². The van der Waals surface area contributed by atoms with Crippen LogP contribution in [-0.4, -0.2) is 75.5 Å². The first-order valence-electron chi connectivity index (χ1n) is 8.36. The molecule has 0 aromatic carbocycles. The third-order valence-corrected chi connectivity index (χ3v) is 3.35. The molecule has 10 heteroatoms. The first-order chi connectivity index (χ1) is 12.3. The van der Waals surface area contributed by atoms with Crippen LogP contribution in [0.4, 0.5) is 0 Å². The van der Waals surface area contributed by atoms with Crippen molar-refractivity contribution >= 4 is 17.9 Å². The van der Waals surface area contributed by atoms with E-state index in [-0.39, 0.29) is 19.6 Å². The molecule has 4 atom stereocenters. The first-order valence-corrected chi connectivity index (χ1v) is 8.36. The van der Waals surface area contributed by atoms with E-state index in [9.17, 15) is 14.4 Å². The van der Waals surface area contributed by atoms with Gasteiger partial charge in [-0.3, -0.25) is 14.4 Å². The first kappa shape index (κ1) is 22.3. The second kappa shape index (κ2) is 11.8. The summed E-state index contributed by atoms with van der Waals surface area (Å²) < 4.78 is 32.0. The molecule has 0 aromatic rings. The molecule has 1 aliphatic rings. The van der Waals surface area contributed by atoms with Crippen LogP contribution >= 0.6 is 0 Å². The van der Waals surface area contributed by atoms with E-state index in [4.69, 9.17) is 34.2 Å². The molecule has 0 radical (unpaired) electrons. The van der Waals surface area contributed by atoms with Crippen molar-refractivity contribution in [1.82, 2.24) is 0 Å². The predicted octanol–water partition coefficient (Wildman–Crippen LogP) is -0.480. The van der Waals surface area contributed by atoms with Crippen LogP contribution in [0.3, 0.4) is 0 Å². The Labute approximate surface area is 152 Å². The Balaban J connectivity index is 2.75. The van der Waals surface area contributed by atoms with E-state index < -0.39 is 42.5 Å². The standard InChI is InChI=1S/C16H27NO9/c1-10(18)23-9-14-16(25-12(3)20)13(24-11(2)19)8-15(26-14)22-7-6-21-5-4-17/h13-16H,4-9,17H2,1-3H3/t13-,14?,15-,16-/m1/s1. The Hall–Kier alpha value is -1.75. The van der Waals surface area contributed by atoms with E-state index in [1.165, 1.54) is 20.8 Å². The lowest BCUT2D eigenvalue weighted by Crippen LogP contribution is -2.54. The van der Waals surface area contributed by atoms with Gasteiger partial charge < -0.3 is 34.2 Å². The summed E-state index contributed by atoms with van der Waals surface area (Å²) in [5, 5.41) is 0. The van der Waals surface area contributed by atoms with Crippen LogP contribution in [-0.2, 0) is 42.8 Å². The lowest BCUT2D eigenvalue weighted by atomic mass is 10.0. The Morgan fingerprint density at radius 2 is 1.69 bits per heavy atom. The normalized spacial score (nSPS) is 25.4. The topological polar surface area (TPSA) is 133 Å². The molecular weight excluding hydrogens is 350 g/mol. The molecule has 1 saturated heterocycles. The Bertz CT molecular complexity index is 471. The number of carbonyl (C=O) groups is 3. The van der Waals surface area contributed by atoms with Gasteiger partial charge in [-0.25, -0.2) is 0 Å². The molecule has 0 aromatic heterocycles. The van der Waals surface area contributed by atoms with Crippen LogP contribution in [0.25, 0.3) is 0 Å². The van der Waals surface area contributed by atoms with Crippen LogP contribution in [0.1, 0.15) is 27.2 Å². The summed E-state index contributed by atoms with van der Waals surface area (Å²) in [4.78, 5) is 33.9. The maximum Gasteiger partial charge on any atom is 0.303 e. The molecule has 10 nitrogen and oxygen atoms in total. The van der Waals surface area contributed by atoms with Gasteiger partial charge in [0.1, 0.15) is 18.8 Å². The van der Waals surface area contributed by atoms with Crippen molar-refractivity contribution in [2.24, 2.45) is 5.73 Å². The quantitative estimate of drug-likeness (QED) is 0.302. The number of hydrogen-bond acceptors (Lipinski definition) is 10. The van der Waals surface area contributed by atoms with Gasteiger partial charge in [0.25, 0.3) is 0 Å². The van der Waals surface area contributed by atoms with Crippen LogP contribution in [0.2, 0.25) is 0 Å². The molecule has 0 aliphatic carbocycles. The molecule has 1 heterocycles. The monoisotopic (exact) mass is 377 g/mol. The Morgan fingerprint density at radius 3 is 2.27 bits per heavy atom. The molecule has 26 heavy (non-hydrogen) atoms. The molecule has 1 unspecified atom stereocenters. The van der Waals surface area contributed by atoms with Crippen molar-refractivity contribution in [3.63, 3.8) is 0 Å². The fraction of sp³-hybridized carbons (Fsp3) is 0.812. The van der Waals surface area contributed by atoms with E-state index in [2.05, 4.69) is 0 Å². The SMILES string of the molecule is CC(=O)OCC1O[C@@H](OCCOCCN)C[C@@H](OC(C)=O)[C@H]1OC(C)=O. The second-order valence-corrected chi connectivity index (χ2v) is 5.64. The lowest BCUT2D eigenvalue weighted by molar-refractivity contribution is -0.267. The van der Waals surface area contributed by atoms with Crippen LogP contribution < -0.4 is 5.73 Å². The highest BCUT2D eigenvalue weighted by Crippen LogP contribution is 2.27. The number of esters is 3. The van der Waals surface area contributed by atoms with Crippen LogP contribution in [0, 0.1) is 0 Å². The highest BCUT2D eigenvalue weighted by Gasteiger charge is 2.44. The number of ether oxygens (including phenoxy) is 6. The van der Waals surface area contributed by atoms with Crippen molar-refractivity contribution in [2.75, 3.05) is 33.0 Å². The molecular formula is C16H27NO9. The highest BCUT2D eigenvalue weighted by molar-refractivity contribution is 5.67.